The maximum absolute atomic E-state index is 10.3. The van der Waals surface area contributed by atoms with Crippen LogP contribution in [0.1, 0.15) is 12.0 Å². The molecule has 1 aromatic carbocycles. The van der Waals surface area contributed by atoms with E-state index in [1.807, 2.05) is 6.07 Å². The number of aliphatic carboxylic acids is 1. The Bertz CT molecular complexity index is 414. The standard InChI is InChI=1S/C10H8ClNO2S/c11-9-5-8(2-1-7(9)6-12)15-4-3-10(13)14/h1-2,5H,3-4H2,(H,13,14). The van der Waals surface area contributed by atoms with Crippen LogP contribution in [0, 0.1) is 11.3 Å². The van der Waals surface area contributed by atoms with Crippen LogP contribution in [0.15, 0.2) is 23.1 Å². The topological polar surface area (TPSA) is 61.1 Å². The minimum Gasteiger partial charge on any atom is -0.481 e. The molecule has 0 amide bonds. The Labute approximate surface area is 96.7 Å². The number of hydrogen-bond acceptors (Lipinski definition) is 3. The van der Waals surface area contributed by atoms with Gasteiger partial charge in [0.2, 0.25) is 0 Å². The number of carboxylic acids is 1. The van der Waals surface area contributed by atoms with Crippen molar-refractivity contribution < 1.29 is 9.90 Å². The van der Waals surface area contributed by atoms with Gasteiger partial charge in [-0.05, 0) is 18.2 Å². The Hall–Kier alpha value is -1.18. The third-order valence-corrected chi connectivity index (χ3v) is 2.95. The first-order valence-electron chi connectivity index (χ1n) is 4.17. The van der Waals surface area contributed by atoms with Gasteiger partial charge in [-0.3, -0.25) is 4.79 Å². The minimum absolute atomic E-state index is 0.113. The fourth-order valence-corrected chi connectivity index (χ4v) is 2.10. The molecule has 0 heterocycles. The van der Waals surface area contributed by atoms with Crippen molar-refractivity contribution in [1.29, 1.82) is 5.26 Å². The Balaban J connectivity index is 2.60. The highest BCUT2D eigenvalue weighted by Crippen LogP contribution is 2.24. The van der Waals surface area contributed by atoms with Crippen molar-refractivity contribution in [1.82, 2.24) is 0 Å². The number of carboxylic acid groups (broad SMARTS) is 1. The lowest BCUT2D eigenvalue weighted by atomic mass is 10.2. The zero-order valence-electron chi connectivity index (χ0n) is 7.74. The summed E-state index contributed by atoms with van der Waals surface area (Å²) in [4.78, 5) is 11.1. The number of benzene rings is 1. The molecule has 0 saturated heterocycles. The van der Waals surface area contributed by atoms with Crippen molar-refractivity contribution in [3.05, 3.63) is 28.8 Å². The van der Waals surface area contributed by atoms with E-state index < -0.39 is 5.97 Å². The summed E-state index contributed by atoms with van der Waals surface area (Å²) in [6.07, 6.45) is 0.113. The van der Waals surface area contributed by atoms with Gasteiger partial charge >= 0.3 is 5.97 Å². The number of hydrogen-bond donors (Lipinski definition) is 1. The fraction of sp³-hybridized carbons (Fsp3) is 0.200. The molecule has 0 aromatic heterocycles. The van der Waals surface area contributed by atoms with Crippen molar-refractivity contribution in [2.24, 2.45) is 0 Å². The second-order valence-corrected chi connectivity index (χ2v) is 4.32. The van der Waals surface area contributed by atoms with Gasteiger partial charge in [0.05, 0.1) is 17.0 Å². The van der Waals surface area contributed by atoms with E-state index in [4.69, 9.17) is 22.0 Å². The Morgan fingerprint density at radius 2 is 2.33 bits per heavy atom. The number of nitrogens with zero attached hydrogens (tertiary/aromatic N) is 1. The Morgan fingerprint density at radius 3 is 2.87 bits per heavy atom. The van der Waals surface area contributed by atoms with Crippen LogP contribution in [-0.4, -0.2) is 16.8 Å². The lowest BCUT2D eigenvalue weighted by Crippen LogP contribution is -1.95. The van der Waals surface area contributed by atoms with E-state index in [1.54, 1.807) is 18.2 Å². The van der Waals surface area contributed by atoms with Gasteiger partial charge in [-0.1, -0.05) is 11.6 Å². The van der Waals surface area contributed by atoms with Crippen molar-refractivity contribution in [3.8, 4) is 6.07 Å². The molecule has 0 fully saturated rings. The van der Waals surface area contributed by atoms with Crippen molar-refractivity contribution in [2.45, 2.75) is 11.3 Å². The van der Waals surface area contributed by atoms with Crippen LogP contribution in [-0.2, 0) is 4.79 Å². The first-order chi connectivity index (χ1) is 7.13. The Kier molecular flexibility index (Phi) is 4.47. The zero-order chi connectivity index (χ0) is 11.3. The van der Waals surface area contributed by atoms with Crippen LogP contribution in [0.3, 0.4) is 0 Å². The predicted octanol–water partition coefficient (Wildman–Crippen LogP) is 2.78. The van der Waals surface area contributed by atoms with Gasteiger partial charge in [-0.25, -0.2) is 0 Å². The highest BCUT2D eigenvalue weighted by atomic mass is 35.5. The van der Waals surface area contributed by atoms with Gasteiger partial charge in [0, 0.05) is 10.6 Å². The molecule has 1 N–H and O–H groups in total. The molecule has 1 aromatic rings. The lowest BCUT2D eigenvalue weighted by Gasteiger charge is -2.01. The van der Waals surface area contributed by atoms with Crippen LogP contribution in [0.4, 0.5) is 0 Å². The number of thioether (sulfide) groups is 1. The number of carbonyl (C=O) groups is 1. The van der Waals surface area contributed by atoms with Crippen LogP contribution in [0.2, 0.25) is 5.02 Å². The first-order valence-corrected chi connectivity index (χ1v) is 5.54. The third-order valence-electron chi connectivity index (χ3n) is 1.65. The summed E-state index contributed by atoms with van der Waals surface area (Å²) in [6.45, 7) is 0. The van der Waals surface area contributed by atoms with Gasteiger partial charge in [0.25, 0.3) is 0 Å². The largest absolute Gasteiger partial charge is 0.481 e. The molecule has 0 atom stereocenters. The van der Waals surface area contributed by atoms with Crippen molar-refractivity contribution in [2.75, 3.05) is 5.75 Å². The van der Waals surface area contributed by atoms with Gasteiger partial charge < -0.3 is 5.11 Å². The molecule has 1 rings (SSSR count). The molecule has 0 aliphatic carbocycles. The molecule has 0 unspecified atom stereocenters. The maximum atomic E-state index is 10.3. The van der Waals surface area contributed by atoms with E-state index in [2.05, 4.69) is 0 Å². The highest BCUT2D eigenvalue weighted by Gasteiger charge is 2.02. The molecule has 15 heavy (non-hydrogen) atoms. The predicted molar refractivity (Wildman–Crippen MR) is 59.1 cm³/mol. The summed E-state index contributed by atoms with van der Waals surface area (Å²) in [5.74, 6) is -0.320. The summed E-state index contributed by atoms with van der Waals surface area (Å²) in [6, 6.07) is 7.03. The summed E-state index contributed by atoms with van der Waals surface area (Å²) in [7, 11) is 0. The zero-order valence-corrected chi connectivity index (χ0v) is 9.31. The maximum Gasteiger partial charge on any atom is 0.304 e. The molecule has 0 saturated carbocycles. The molecule has 0 aliphatic heterocycles. The average molecular weight is 242 g/mol. The fourth-order valence-electron chi connectivity index (χ4n) is 0.932. The third kappa shape index (κ3) is 3.82. The normalized spacial score (nSPS) is 9.60. The number of rotatable bonds is 4. The van der Waals surface area contributed by atoms with Crippen LogP contribution in [0.25, 0.3) is 0 Å². The molecule has 0 aliphatic rings. The summed E-state index contributed by atoms with van der Waals surface area (Å²) < 4.78 is 0. The highest BCUT2D eigenvalue weighted by molar-refractivity contribution is 7.99. The molecule has 0 spiro atoms. The van der Waals surface area contributed by atoms with Crippen LogP contribution in [0.5, 0.6) is 0 Å². The monoisotopic (exact) mass is 241 g/mol. The lowest BCUT2D eigenvalue weighted by molar-refractivity contribution is -0.136. The second-order valence-electron chi connectivity index (χ2n) is 2.75. The summed E-state index contributed by atoms with van der Waals surface area (Å²) in [5, 5.41) is 17.5. The molecule has 3 nitrogen and oxygen atoms in total. The smallest absolute Gasteiger partial charge is 0.304 e. The number of halogens is 1. The van der Waals surface area contributed by atoms with Crippen LogP contribution < -0.4 is 0 Å². The van der Waals surface area contributed by atoms with E-state index in [0.717, 1.165) is 4.90 Å². The molecular weight excluding hydrogens is 234 g/mol. The SMILES string of the molecule is N#Cc1ccc(SCCC(=O)O)cc1Cl. The molecular formula is C10H8ClNO2S. The average Bonchev–Trinajstić information content (AvgIpc) is 2.17. The van der Waals surface area contributed by atoms with E-state index in [0.29, 0.717) is 16.3 Å². The minimum atomic E-state index is -0.817. The first kappa shape index (κ1) is 11.9. The number of nitriles is 1. The molecule has 78 valence electrons. The Morgan fingerprint density at radius 1 is 1.60 bits per heavy atom. The van der Waals surface area contributed by atoms with Gasteiger partial charge in [0.1, 0.15) is 6.07 Å². The summed E-state index contributed by atoms with van der Waals surface area (Å²) in [5.41, 5.74) is 0.430. The quantitative estimate of drug-likeness (QED) is 0.824. The van der Waals surface area contributed by atoms with E-state index in [-0.39, 0.29) is 6.42 Å². The van der Waals surface area contributed by atoms with Crippen molar-refractivity contribution in [3.63, 3.8) is 0 Å². The van der Waals surface area contributed by atoms with E-state index in [9.17, 15) is 4.79 Å². The van der Waals surface area contributed by atoms with E-state index >= 15 is 0 Å². The van der Waals surface area contributed by atoms with E-state index in [1.165, 1.54) is 11.8 Å². The molecule has 0 radical (unpaired) electrons. The second kappa shape index (κ2) is 5.64. The van der Waals surface area contributed by atoms with Crippen molar-refractivity contribution >= 4 is 29.3 Å². The molecule has 5 heteroatoms. The van der Waals surface area contributed by atoms with Gasteiger partial charge in [-0.15, -0.1) is 11.8 Å². The van der Waals surface area contributed by atoms with Gasteiger partial charge in [-0.2, -0.15) is 5.26 Å². The summed E-state index contributed by atoms with van der Waals surface area (Å²) >= 11 is 7.23. The van der Waals surface area contributed by atoms with Gasteiger partial charge in [0.15, 0.2) is 0 Å². The van der Waals surface area contributed by atoms with Crippen LogP contribution >= 0.6 is 23.4 Å². The molecule has 0 bridgehead atoms.